The second-order valence-corrected chi connectivity index (χ2v) is 30.2. The van der Waals surface area contributed by atoms with Gasteiger partial charge in [0.25, 0.3) is 0 Å². The van der Waals surface area contributed by atoms with Gasteiger partial charge in [-0.3, -0.25) is 34.1 Å². The monoisotopic (exact) mass is 1460 g/mol. The quantitative estimate of drug-likeness (QED) is 0.0569. The van der Waals surface area contributed by atoms with Crippen molar-refractivity contribution in [1.82, 2.24) is 14.7 Å². The number of allylic oxidation sites excluding steroid dienone is 6. The van der Waals surface area contributed by atoms with Crippen molar-refractivity contribution in [2.24, 2.45) is 54.9 Å². The summed E-state index contributed by atoms with van der Waals surface area (Å²) in [6, 6.07) is 25.4. The molecule has 532 valence electrons. The van der Waals surface area contributed by atoms with Crippen molar-refractivity contribution in [2.75, 3.05) is 80.8 Å². The van der Waals surface area contributed by atoms with Gasteiger partial charge in [0, 0.05) is 138 Å². The number of benzene rings is 3. The van der Waals surface area contributed by atoms with Gasteiger partial charge in [-0.05, 0) is 118 Å². The minimum absolute atomic E-state index is 0. The maximum Gasteiger partial charge on any atom is 1.00 e. The van der Waals surface area contributed by atoms with Crippen molar-refractivity contribution in [1.29, 1.82) is 0 Å². The van der Waals surface area contributed by atoms with Crippen LogP contribution in [0.3, 0.4) is 0 Å². The molecule has 6 fully saturated rings. The molecular formula is C84H96Fe2N8O8+4. The van der Waals surface area contributed by atoms with Crippen LogP contribution < -0.4 is 15.6 Å². The predicted octanol–water partition coefficient (Wildman–Crippen LogP) is 9.85. The van der Waals surface area contributed by atoms with Crippen LogP contribution in [0.2, 0.25) is 0 Å². The van der Waals surface area contributed by atoms with Gasteiger partial charge in [0.1, 0.15) is 35.2 Å². The average Bonchev–Trinajstić information content (AvgIpc) is 1.60. The molecule has 19 aliphatic rings. The van der Waals surface area contributed by atoms with E-state index < -0.39 is 16.2 Å². The number of esters is 4. The number of hydrogen-bond donors (Lipinski definition) is 1. The molecule has 0 saturated carbocycles. The Hall–Kier alpha value is -7.40. The van der Waals surface area contributed by atoms with E-state index in [1.165, 1.54) is 82.9 Å². The molecule has 4 aliphatic carbocycles. The van der Waals surface area contributed by atoms with Crippen LogP contribution in [0.15, 0.2) is 181 Å². The SMILES string of the molecule is CCC1=CC2C/C(C(=O)OC)=C3/N=c4ccccc4=C3CC[N+](=C1)C2.CCC1=CC2CN3CCC4=C5[CH+]C=CC=C5N=C4C(C(=O)OC)(C2)C13.CCC1=CC2CN3CCC4C(=Nc5ccccc54)C(C(=O)OC)(C2)C13.CCC1=CC2CN3CCC4C(=[NH+]c5ccccc54)C(C(=O)OC)(C2)C13.[Fe].[Fe].[H+]. The minimum atomic E-state index is -0.650. The Morgan fingerprint density at radius 2 is 1.21 bits per heavy atom. The van der Waals surface area contributed by atoms with Gasteiger partial charge >= 0.3 is 25.3 Å². The number of ether oxygens (including phenoxy) is 4. The van der Waals surface area contributed by atoms with E-state index in [1.807, 2.05) is 30.3 Å². The number of hydrogen-bond acceptors (Lipinski definition) is 14. The smallest absolute Gasteiger partial charge is 0.468 e. The number of nitrogens with zero attached hydrogens (tertiary/aromatic N) is 7. The van der Waals surface area contributed by atoms with E-state index >= 15 is 0 Å². The van der Waals surface area contributed by atoms with Gasteiger partial charge in [-0.2, -0.15) is 4.99 Å². The molecule has 14 bridgehead atoms. The van der Waals surface area contributed by atoms with Gasteiger partial charge in [0.2, 0.25) is 5.69 Å². The minimum Gasteiger partial charge on any atom is -0.468 e. The standard InChI is InChI=1S/2C21H24N2O2.2C21H23N2O2.2Fe/c3*1-3-14-10-13-11-21(20(24)25-2)18-16(8-9-23(12-13)19(14)21)15-6-4-5-7-17(15)22-18;1-3-14-10-15-11-18(21(24)25-2)20-17(8-9-23(12-14)13-15)16-6-4-5-7-19(16)22-20;;/h2*4-7,10,13,16,19H,3,8-9,11-12H2,1-2H3;4-7,10,13,19H,3,8-9,11-12H2,1-2H3;4-7,10,12,15H,3,8-9,11,13H2,1-2H3;;/q;;2*+1;;/p+2/b;;;20-18-;;. The van der Waals surface area contributed by atoms with E-state index in [9.17, 15) is 19.2 Å². The third-order valence-corrected chi connectivity index (χ3v) is 25.2. The largest absolute Gasteiger partial charge is 1.00 e. The molecule has 15 unspecified atom stereocenters. The normalized spacial score (nSPS) is 33.6. The van der Waals surface area contributed by atoms with Crippen molar-refractivity contribution in [3.63, 3.8) is 0 Å². The molecule has 0 radical (unpaired) electrons. The molecule has 22 rings (SSSR count). The number of rotatable bonds is 8. The van der Waals surface area contributed by atoms with Crippen molar-refractivity contribution >= 4 is 64.2 Å². The Morgan fingerprint density at radius 1 is 0.618 bits per heavy atom. The average molecular weight is 1460 g/mol. The molecule has 0 spiro atoms. The first-order valence-electron chi connectivity index (χ1n) is 37.1. The first-order chi connectivity index (χ1) is 48.7. The summed E-state index contributed by atoms with van der Waals surface area (Å²) in [5.74, 6) is 1.62. The molecular weight excluding hydrogens is 1360 g/mol. The van der Waals surface area contributed by atoms with Crippen LogP contribution in [0.1, 0.15) is 129 Å². The summed E-state index contributed by atoms with van der Waals surface area (Å²) in [5, 5.41) is 2.11. The number of piperidine rings is 3. The molecule has 1 N–H and O–H groups in total. The Morgan fingerprint density at radius 3 is 1.88 bits per heavy atom. The maximum atomic E-state index is 13.3. The van der Waals surface area contributed by atoms with E-state index in [1.54, 1.807) is 7.11 Å². The number of carbonyl (C=O) groups excluding carboxylic acids is 4. The summed E-state index contributed by atoms with van der Waals surface area (Å²) >= 11 is 0. The summed E-state index contributed by atoms with van der Waals surface area (Å²) < 4.78 is 23.7. The van der Waals surface area contributed by atoms with E-state index in [2.05, 4.69) is 150 Å². The fourth-order valence-corrected chi connectivity index (χ4v) is 21.5. The first kappa shape index (κ1) is 71.6. The van der Waals surface area contributed by atoms with Gasteiger partial charge in [-0.1, -0.05) is 123 Å². The van der Waals surface area contributed by atoms with Crippen molar-refractivity contribution in [3.8, 4) is 0 Å². The molecule has 3 aromatic rings. The number of aliphatic imine (C=N–C) groups is 2. The summed E-state index contributed by atoms with van der Waals surface area (Å²) in [6.07, 6.45) is 31.3. The molecule has 102 heavy (non-hydrogen) atoms. The van der Waals surface area contributed by atoms with Crippen LogP contribution in [-0.2, 0) is 72.3 Å². The van der Waals surface area contributed by atoms with Gasteiger partial charge in [-0.25, -0.2) is 19.4 Å². The van der Waals surface area contributed by atoms with E-state index in [4.69, 9.17) is 33.9 Å². The summed E-state index contributed by atoms with van der Waals surface area (Å²) in [4.78, 5) is 78.4. The zero-order chi connectivity index (χ0) is 68.9. The topological polar surface area (TPSA) is 169 Å². The number of nitrogens with one attached hydrogen (secondary N) is 1. The van der Waals surface area contributed by atoms with E-state index in [0.29, 0.717) is 41.6 Å². The van der Waals surface area contributed by atoms with Gasteiger partial charge in [0.05, 0.1) is 80.4 Å². The van der Waals surface area contributed by atoms with Crippen LogP contribution in [0.5, 0.6) is 0 Å². The zero-order valence-corrected chi connectivity index (χ0v) is 62.3. The first-order valence-corrected chi connectivity index (χ1v) is 37.1. The van der Waals surface area contributed by atoms with Crippen LogP contribution in [-0.4, -0.2) is 165 Å². The predicted molar refractivity (Wildman–Crippen MR) is 388 cm³/mol. The molecule has 6 saturated heterocycles. The molecule has 0 aromatic heterocycles. The van der Waals surface area contributed by atoms with Crippen LogP contribution in [0.4, 0.5) is 11.4 Å². The van der Waals surface area contributed by atoms with Crippen molar-refractivity contribution < 1.29 is 83.3 Å². The molecule has 18 heteroatoms. The molecule has 3 aromatic carbocycles. The molecule has 0 amide bonds. The van der Waals surface area contributed by atoms with Crippen LogP contribution in [0.25, 0.3) is 5.57 Å². The van der Waals surface area contributed by atoms with Crippen LogP contribution in [0, 0.1) is 46.3 Å². The molecule has 16 nitrogen and oxygen atoms in total. The fourth-order valence-electron chi connectivity index (χ4n) is 21.5. The fraction of sp³-hybridized carbons (Fsp3) is 0.476. The van der Waals surface area contributed by atoms with Gasteiger partial charge in [0.15, 0.2) is 23.0 Å². The van der Waals surface area contributed by atoms with Gasteiger partial charge in [-0.15, -0.1) is 0 Å². The number of carbonyl (C=O) groups is 4. The molecule has 15 heterocycles. The molecule has 15 aliphatic heterocycles. The Balaban J connectivity index is 0.000000121. The maximum absolute atomic E-state index is 13.3. The van der Waals surface area contributed by atoms with Crippen LogP contribution >= 0.6 is 0 Å². The second-order valence-electron chi connectivity index (χ2n) is 30.2. The number of methoxy groups -OCH3 is 4. The third-order valence-electron chi connectivity index (χ3n) is 25.2. The molecule has 15 atom stereocenters. The Bertz CT molecular complexity index is 4400. The zero-order valence-electron chi connectivity index (χ0n) is 61.1. The summed E-state index contributed by atoms with van der Waals surface area (Å²) in [7, 11) is 6.05. The Labute approximate surface area is 622 Å². The summed E-state index contributed by atoms with van der Waals surface area (Å²) in [6.45, 7) is 16.9. The number of fused-ring (bicyclic) bond motifs is 12. The van der Waals surface area contributed by atoms with E-state index in [-0.39, 0.29) is 83.5 Å². The number of para-hydroxylation sites is 3. The summed E-state index contributed by atoms with van der Waals surface area (Å²) in [5.41, 5.74) is 18.0. The second kappa shape index (κ2) is 28.6. The Kier molecular flexibility index (Phi) is 20.1. The van der Waals surface area contributed by atoms with Crippen molar-refractivity contribution in [2.45, 2.75) is 135 Å². The van der Waals surface area contributed by atoms with E-state index in [0.717, 1.165) is 162 Å². The third kappa shape index (κ3) is 11.4. The van der Waals surface area contributed by atoms with Crippen molar-refractivity contribution in [3.05, 3.63) is 194 Å². The van der Waals surface area contributed by atoms with Gasteiger partial charge < -0.3 is 18.9 Å².